The van der Waals surface area contributed by atoms with Crippen LogP contribution in [0.4, 0.5) is 4.79 Å². The van der Waals surface area contributed by atoms with Gasteiger partial charge in [-0.1, -0.05) is 62.7 Å². The normalized spacial score (nSPS) is 23.8. The molecule has 8 rings (SSSR count). The van der Waals surface area contributed by atoms with Gasteiger partial charge in [0, 0.05) is 45.1 Å². The minimum atomic E-state index is -0.962. The van der Waals surface area contributed by atoms with Crippen molar-refractivity contribution in [2.75, 3.05) is 7.11 Å². The van der Waals surface area contributed by atoms with Crippen LogP contribution in [-0.2, 0) is 16.0 Å². The van der Waals surface area contributed by atoms with Crippen LogP contribution in [0.5, 0.6) is 5.88 Å². The van der Waals surface area contributed by atoms with Gasteiger partial charge in [-0.25, -0.2) is 4.79 Å². The van der Waals surface area contributed by atoms with Gasteiger partial charge in [0.15, 0.2) is 5.43 Å². The van der Waals surface area contributed by atoms with Crippen LogP contribution in [0.25, 0.3) is 16.6 Å². The number of hydrogen-bond acceptors (Lipinski definition) is 6. The molecule has 4 aliphatic carbocycles. The van der Waals surface area contributed by atoms with Crippen LogP contribution in [0, 0.1) is 23.2 Å². The third-order valence-electron chi connectivity index (χ3n) is 10.8. The average Bonchev–Trinajstić information content (AvgIpc) is 3.07. The van der Waals surface area contributed by atoms with Crippen molar-refractivity contribution in [1.29, 1.82) is 0 Å². The van der Waals surface area contributed by atoms with Gasteiger partial charge in [0.2, 0.25) is 11.8 Å². The van der Waals surface area contributed by atoms with Crippen LogP contribution in [0.3, 0.4) is 0 Å². The first-order valence-electron chi connectivity index (χ1n) is 17.2. The molecule has 3 aromatic carbocycles. The second-order valence-electron chi connectivity index (χ2n) is 15.3. The number of hydrogen-bond donors (Lipinski definition) is 2. The molecule has 4 aromatic rings. The summed E-state index contributed by atoms with van der Waals surface area (Å²) in [5.41, 5.74) is 1.77. The predicted octanol–water partition coefficient (Wildman–Crippen LogP) is 7.22. The number of carbonyl (C=O) groups excluding carboxylic acids is 3. The van der Waals surface area contributed by atoms with Gasteiger partial charge < -0.3 is 20.1 Å². The van der Waals surface area contributed by atoms with E-state index in [1.807, 2.05) is 63.2 Å². The number of rotatable bonds is 7. The third-order valence-corrected chi connectivity index (χ3v) is 11.0. The Morgan fingerprint density at radius 3 is 2.26 bits per heavy atom. The van der Waals surface area contributed by atoms with Gasteiger partial charge in [0.25, 0.3) is 5.91 Å². The number of nitrogens with zero attached hydrogens (tertiary/aromatic N) is 1. The minimum Gasteiger partial charge on any atom is -0.437 e. The summed E-state index contributed by atoms with van der Waals surface area (Å²) in [6.45, 7) is 5.85. The van der Waals surface area contributed by atoms with Gasteiger partial charge >= 0.3 is 6.16 Å². The number of amides is 2. The first kappa shape index (κ1) is 33.8. The van der Waals surface area contributed by atoms with Gasteiger partial charge in [-0.3, -0.25) is 19.0 Å². The summed E-state index contributed by atoms with van der Waals surface area (Å²) in [5.74, 6) is 1.22. The molecule has 2 N–H and O–H groups in total. The highest BCUT2D eigenvalue weighted by atomic mass is 35.5. The van der Waals surface area contributed by atoms with Crippen LogP contribution in [-0.4, -0.2) is 41.2 Å². The van der Waals surface area contributed by atoms with Crippen LogP contribution in [0.1, 0.15) is 74.4 Å². The molecule has 260 valence electrons. The summed E-state index contributed by atoms with van der Waals surface area (Å²) in [5, 5.41) is 7.62. The van der Waals surface area contributed by atoms with Crippen molar-refractivity contribution in [1.82, 2.24) is 15.2 Å². The highest BCUT2D eigenvalue weighted by Crippen LogP contribution is 2.56. The first-order valence-corrected chi connectivity index (χ1v) is 17.6. The highest BCUT2D eigenvalue weighted by molar-refractivity contribution is 6.31. The molecule has 5 atom stereocenters. The fourth-order valence-electron chi connectivity index (χ4n) is 8.66. The largest absolute Gasteiger partial charge is 0.514 e. The van der Waals surface area contributed by atoms with Crippen molar-refractivity contribution in [3.63, 3.8) is 0 Å². The molecule has 4 bridgehead atoms. The number of aromatic nitrogens is 1. The zero-order valence-corrected chi connectivity index (χ0v) is 29.5. The lowest BCUT2D eigenvalue weighted by Gasteiger charge is -2.60. The number of carbonyl (C=O) groups is 3. The molecule has 9 nitrogen and oxygen atoms in total. The van der Waals surface area contributed by atoms with E-state index >= 15 is 0 Å². The molecule has 0 spiro atoms. The zero-order chi connectivity index (χ0) is 35.4. The van der Waals surface area contributed by atoms with E-state index in [-0.39, 0.29) is 46.7 Å². The molecule has 1 heterocycles. The summed E-state index contributed by atoms with van der Waals surface area (Å²) in [7, 11) is 1.21. The molecule has 4 saturated carbocycles. The van der Waals surface area contributed by atoms with Crippen molar-refractivity contribution in [2.24, 2.45) is 23.2 Å². The number of benzene rings is 3. The highest BCUT2D eigenvalue weighted by Gasteiger charge is 2.56. The van der Waals surface area contributed by atoms with Crippen molar-refractivity contribution < 1.29 is 23.9 Å². The van der Waals surface area contributed by atoms with Gasteiger partial charge in [0.05, 0.1) is 18.2 Å². The van der Waals surface area contributed by atoms with Gasteiger partial charge in [0.1, 0.15) is 0 Å². The maximum atomic E-state index is 14.0. The minimum absolute atomic E-state index is 0.0305. The molecule has 2 amide bonds. The summed E-state index contributed by atoms with van der Waals surface area (Å²) in [4.78, 5) is 53.1. The Morgan fingerprint density at radius 1 is 0.940 bits per heavy atom. The summed E-state index contributed by atoms with van der Waals surface area (Å²) in [6.07, 6.45) is 4.12. The van der Waals surface area contributed by atoms with E-state index in [4.69, 9.17) is 21.1 Å². The lowest BCUT2D eigenvalue weighted by atomic mass is 9.51. The number of ether oxygens (including phenoxy) is 2. The molecule has 4 aliphatic rings. The van der Waals surface area contributed by atoms with Crippen molar-refractivity contribution in [3.8, 4) is 11.6 Å². The van der Waals surface area contributed by atoms with Crippen LogP contribution in [0.15, 0.2) is 77.6 Å². The van der Waals surface area contributed by atoms with Crippen molar-refractivity contribution in [2.45, 2.75) is 70.9 Å². The van der Waals surface area contributed by atoms with Crippen molar-refractivity contribution >= 4 is 40.5 Å². The lowest BCUT2D eigenvalue weighted by molar-refractivity contribution is -0.135. The maximum Gasteiger partial charge on any atom is 0.514 e. The Bertz CT molecular complexity index is 2020. The first-order chi connectivity index (χ1) is 23.8. The molecule has 4 fully saturated rings. The zero-order valence-electron chi connectivity index (χ0n) is 28.8. The van der Waals surface area contributed by atoms with E-state index in [0.717, 1.165) is 37.7 Å². The Morgan fingerprint density at radius 2 is 1.62 bits per heavy atom. The van der Waals surface area contributed by atoms with Crippen LogP contribution < -0.4 is 20.8 Å². The molecule has 0 radical (unpaired) electrons. The van der Waals surface area contributed by atoms with Crippen LogP contribution in [0.2, 0.25) is 5.02 Å². The molecule has 3 unspecified atom stereocenters. The maximum absolute atomic E-state index is 14.0. The second-order valence-corrected chi connectivity index (χ2v) is 15.8. The second kappa shape index (κ2) is 12.9. The molecule has 50 heavy (non-hydrogen) atoms. The number of fused-ring (bicyclic) bond motifs is 1. The molecule has 0 aliphatic heterocycles. The molecule has 0 saturated heterocycles. The standard InChI is InChI=1S/C40H42ClN3O6/c1-39(2,3)37(47)43-40-20-24-16-26(21-40)33(27(17-24)22-40)42-35(46)25-12-10-23(11-13-25)18-31-34(45)30-15-14-28(41)19-32(30)44(29-8-6-5-7-9-29)36(31)50-38(48)49-4/h5-15,19,24,26-27,33H,16-18,20-22H2,1-4H3,(H,42,46)(H,43,47)/t24?,26-,27+,33?,40?. The number of nitrogens with one attached hydrogen (secondary N) is 2. The van der Waals surface area contributed by atoms with Gasteiger partial charge in [-0.15, -0.1) is 0 Å². The number of para-hydroxylation sites is 1. The summed E-state index contributed by atoms with van der Waals surface area (Å²) < 4.78 is 12.2. The Hall–Kier alpha value is -4.63. The van der Waals surface area contributed by atoms with E-state index in [0.29, 0.717) is 44.9 Å². The van der Waals surface area contributed by atoms with E-state index in [1.165, 1.54) is 7.11 Å². The van der Waals surface area contributed by atoms with Crippen molar-refractivity contribution in [3.05, 3.63) is 105 Å². The topological polar surface area (TPSA) is 116 Å². The third kappa shape index (κ3) is 6.39. The summed E-state index contributed by atoms with van der Waals surface area (Å²) in [6, 6.07) is 21.5. The van der Waals surface area contributed by atoms with Gasteiger partial charge in [-0.2, -0.15) is 0 Å². The predicted molar refractivity (Wildman–Crippen MR) is 192 cm³/mol. The number of halogens is 1. The lowest BCUT2D eigenvalue weighted by Crippen LogP contribution is -2.67. The van der Waals surface area contributed by atoms with Crippen LogP contribution >= 0.6 is 11.6 Å². The molecular weight excluding hydrogens is 654 g/mol. The monoisotopic (exact) mass is 695 g/mol. The number of pyridine rings is 1. The number of methoxy groups -OCH3 is 1. The van der Waals surface area contributed by atoms with E-state index < -0.39 is 11.6 Å². The quantitative estimate of drug-likeness (QED) is 0.197. The average molecular weight is 696 g/mol. The molecule has 1 aromatic heterocycles. The molecular formula is C40H42ClN3O6. The Labute approximate surface area is 296 Å². The molecule has 10 heteroatoms. The van der Waals surface area contributed by atoms with E-state index in [9.17, 15) is 19.2 Å². The van der Waals surface area contributed by atoms with Gasteiger partial charge in [-0.05, 0) is 97.9 Å². The fourth-order valence-corrected chi connectivity index (χ4v) is 8.82. The van der Waals surface area contributed by atoms with E-state index in [2.05, 4.69) is 10.6 Å². The summed E-state index contributed by atoms with van der Waals surface area (Å²) >= 11 is 6.37. The Kier molecular flexibility index (Phi) is 8.75. The SMILES string of the molecule is COC(=O)Oc1c(Cc2ccc(C(=O)NC3[C@@H]4CC5C[C@H]3CC(NC(=O)C(C)(C)C)(C5)C4)cc2)c(=O)c2ccc(Cl)cc2n1-c1ccccc1. The smallest absolute Gasteiger partial charge is 0.437 e. The Balaban J connectivity index is 1.14. The fraction of sp³-hybridized carbons (Fsp3) is 0.400. The van der Waals surface area contributed by atoms with E-state index in [1.54, 1.807) is 34.9 Å².